The van der Waals surface area contributed by atoms with Crippen LogP contribution in [0.25, 0.3) is 0 Å². The number of nitrogens with zero attached hydrogens (tertiary/aromatic N) is 1. The summed E-state index contributed by atoms with van der Waals surface area (Å²) in [6.07, 6.45) is 2.41. The number of amides is 1. The maximum Gasteiger partial charge on any atom is 0.251 e. The van der Waals surface area contributed by atoms with E-state index in [2.05, 4.69) is 5.32 Å². The van der Waals surface area contributed by atoms with Gasteiger partial charge in [0, 0.05) is 25.2 Å². The second-order valence-corrected chi connectivity index (χ2v) is 8.60. The van der Waals surface area contributed by atoms with Crippen LogP contribution >= 0.6 is 0 Å². The molecule has 1 amide bonds. The summed E-state index contributed by atoms with van der Waals surface area (Å²) in [7, 11) is -3.68. The Labute approximate surface area is 166 Å². The molecular formula is C21H26N2O4S. The zero-order valence-electron chi connectivity index (χ0n) is 16.1. The fourth-order valence-electron chi connectivity index (χ4n) is 3.26. The van der Waals surface area contributed by atoms with E-state index in [0.717, 1.165) is 18.4 Å². The Morgan fingerprint density at radius 3 is 2.50 bits per heavy atom. The van der Waals surface area contributed by atoms with Gasteiger partial charge in [-0.2, -0.15) is 4.31 Å². The summed E-state index contributed by atoms with van der Waals surface area (Å²) in [5.74, 6) is -0.00733. The molecule has 1 saturated heterocycles. The van der Waals surface area contributed by atoms with E-state index in [1.165, 1.54) is 10.4 Å². The summed E-state index contributed by atoms with van der Waals surface area (Å²) >= 11 is 0. The predicted molar refractivity (Wildman–Crippen MR) is 108 cm³/mol. The zero-order valence-corrected chi connectivity index (χ0v) is 16.9. The molecule has 0 radical (unpaired) electrons. The third kappa shape index (κ3) is 4.72. The standard InChI is InChI=1S/C21H26N2O4S/c1-2-27-19-11-10-18(16-20(19)28(25,26)23-14-6-7-15-23)21(24)22-13-12-17-8-4-3-5-9-17/h3-5,8-11,16H,2,6-7,12-15H2,1H3,(H,22,24). The average molecular weight is 403 g/mol. The van der Waals surface area contributed by atoms with Crippen molar-refractivity contribution in [3.05, 3.63) is 59.7 Å². The van der Waals surface area contributed by atoms with Crippen LogP contribution in [0.15, 0.2) is 53.4 Å². The highest BCUT2D eigenvalue weighted by Crippen LogP contribution is 2.30. The van der Waals surface area contributed by atoms with Crippen molar-refractivity contribution in [1.29, 1.82) is 0 Å². The Kier molecular flexibility index (Phi) is 6.70. The van der Waals surface area contributed by atoms with Gasteiger partial charge in [0.25, 0.3) is 5.91 Å². The minimum atomic E-state index is -3.68. The molecule has 28 heavy (non-hydrogen) atoms. The second-order valence-electron chi connectivity index (χ2n) is 6.70. The molecule has 150 valence electrons. The van der Waals surface area contributed by atoms with Crippen LogP contribution in [-0.4, -0.2) is 44.9 Å². The first-order valence-electron chi connectivity index (χ1n) is 9.61. The van der Waals surface area contributed by atoms with Crippen molar-refractivity contribution in [2.75, 3.05) is 26.2 Å². The molecule has 1 aliphatic heterocycles. The van der Waals surface area contributed by atoms with E-state index >= 15 is 0 Å². The van der Waals surface area contributed by atoms with Gasteiger partial charge in [-0.25, -0.2) is 8.42 Å². The fourth-order valence-corrected chi connectivity index (χ4v) is 4.93. The largest absolute Gasteiger partial charge is 0.492 e. The average Bonchev–Trinajstić information content (AvgIpc) is 3.25. The van der Waals surface area contributed by atoms with Crippen LogP contribution in [-0.2, 0) is 16.4 Å². The third-order valence-corrected chi connectivity index (χ3v) is 6.65. The Bertz CT molecular complexity index is 907. The predicted octanol–water partition coefficient (Wildman–Crippen LogP) is 2.84. The first kappa shape index (κ1) is 20.4. The summed E-state index contributed by atoms with van der Waals surface area (Å²) in [4.78, 5) is 12.6. The van der Waals surface area contributed by atoms with Crippen molar-refractivity contribution in [3.8, 4) is 5.75 Å². The lowest BCUT2D eigenvalue weighted by Crippen LogP contribution is -2.29. The molecule has 0 aliphatic carbocycles. The van der Waals surface area contributed by atoms with E-state index in [4.69, 9.17) is 4.74 Å². The minimum absolute atomic E-state index is 0.0620. The van der Waals surface area contributed by atoms with Crippen molar-refractivity contribution < 1.29 is 17.9 Å². The molecule has 1 heterocycles. The van der Waals surface area contributed by atoms with Crippen LogP contribution in [0.3, 0.4) is 0 Å². The molecule has 2 aromatic rings. The van der Waals surface area contributed by atoms with Crippen molar-refractivity contribution in [1.82, 2.24) is 9.62 Å². The molecule has 1 fully saturated rings. The van der Waals surface area contributed by atoms with Gasteiger partial charge in [0.15, 0.2) is 0 Å². The third-order valence-electron chi connectivity index (χ3n) is 4.73. The van der Waals surface area contributed by atoms with Gasteiger partial charge in [0.2, 0.25) is 10.0 Å². The normalized spacial score (nSPS) is 14.8. The molecule has 0 bridgehead atoms. The van der Waals surface area contributed by atoms with E-state index in [9.17, 15) is 13.2 Å². The molecule has 0 aromatic heterocycles. The Balaban J connectivity index is 1.77. The van der Waals surface area contributed by atoms with E-state index in [0.29, 0.717) is 38.2 Å². The molecule has 2 aromatic carbocycles. The molecule has 1 aliphatic rings. The van der Waals surface area contributed by atoms with Gasteiger partial charge in [-0.3, -0.25) is 4.79 Å². The molecule has 0 spiro atoms. The quantitative estimate of drug-likeness (QED) is 0.737. The smallest absolute Gasteiger partial charge is 0.251 e. The zero-order chi connectivity index (χ0) is 20.0. The molecule has 0 atom stereocenters. The molecule has 6 nitrogen and oxygen atoms in total. The minimum Gasteiger partial charge on any atom is -0.492 e. The Morgan fingerprint density at radius 1 is 1.11 bits per heavy atom. The van der Waals surface area contributed by atoms with Crippen molar-refractivity contribution >= 4 is 15.9 Å². The topological polar surface area (TPSA) is 75.7 Å². The highest BCUT2D eigenvalue weighted by molar-refractivity contribution is 7.89. The number of ether oxygens (including phenoxy) is 1. The first-order valence-corrected chi connectivity index (χ1v) is 11.1. The number of rotatable bonds is 8. The summed E-state index contributed by atoms with van der Waals surface area (Å²) < 4.78 is 33.0. The molecule has 3 rings (SSSR count). The molecule has 7 heteroatoms. The molecule has 0 saturated carbocycles. The van der Waals surface area contributed by atoms with E-state index in [1.807, 2.05) is 30.3 Å². The van der Waals surface area contributed by atoms with Gasteiger partial charge in [-0.1, -0.05) is 30.3 Å². The van der Waals surface area contributed by atoms with Gasteiger partial charge in [-0.05, 0) is 49.9 Å². The van der Waals surface area contributed by atoms with E-state index in [1.54, 1.807) is 19.1 Å². The molecule has 1 N–H and O–H groups in total. The van der Waals surface area contributed by atoms with Crippen molar-refractivity contribution in [2.45, 2.75) is 31.1 Å². The van der Waals surface area contributed by atoms with Crippen LogP contribution in [0.1, 0.15) is 35.7 Å². The van der Waals surface area contributed by atoms with Gasteiger partial charge in [0.05, 0.1) is 6.61 Å². The van der Waals surface area contributed by atoms with Crippen LogP contribution < -0.4 is 10.1 Å². The monoisotopic (exact) mass is 402 g/mol. The number of nitrogens with one attached hydrogen (secondary N) is 1. The van der Waals surface area contributed by atoms with Gasteiger partial charge < -0.3 is 10.1 Å². The molecule has 0 unspecified atom stereocenters. The first-order chi connectivity index (χ1) is 13.5. The number of sulfonamides is 1. The second kappa shape index (κ2) is 9.21. The summed E-state index contributed by atoms with van der Waals surface area (Å²) in [5.41, 5.74) is 1.45. The van der Waals surface area contributed by atoms with Gasteiger partial charge in [-0.15, -0.1) is 0 Å². The number of hydrogen-bond acceptors (Lipinski definition) is 4. The highest BCUT2D eigenvalue weighted by Gasteiger charge is 2.30. The van der Waals surface area contributed by atoms with Crippen LogP contribution in [0.5, 0.6) is 5.75 Å². The summed E-state index contributed by atoms with van der Waals surface area (Å²) in [5, 5.41) is 2.86. The lowest BCUT2D eigenvalue weighted by Gasteiger charge is -2.19. The summed E-state index contributed by atoms with van der Waals surface area (Å²) in [6, 6.07) is 14.5. The number of benzene rings is 2. The Hall–Kier alpha value is -2.38. The number of carbonyl (C=O) groups is 1. The van der Waals surface area contributed by atoms with E-state index in [-0.39, 0.29) is 16.6 Å². The summed E-state index contributed by atoms with van der Waals surface area (Å²) in [6.45, 7) is 3.63. The maximum atomic E-state index is 13.0. The van der Waals surface area contributed by atoms with Crippen molar-refractivity contribution in [2.24, 2.45) is 0 Å². The van der Waals surface area contributed by atoms with Crippen LogP contribution in [0.2, 0.25) is 0 Å². The van der Waals surface area contributed by atoms with Crippen LogP contribution in [0.4, 0.5) is 0 Å². The van der Waals surface area contributed by atoms with Crippen molar-refractivity contribution in [3.63, 3.8) is 0 Å². The lowest BCUT2D eigenvalue weighted by molar-refractivity contribution is 0.0954. The van der Waals surface area contributed by atoms with Crippen LogP contribution in [0, 0.1) is 0 Å². The van der Waals surface area contributed by atoms with E-state index < -0.39 is 10.0 Å². The molecular weight excluding hydrogens is 376 g/mol. The fraction of sp³-hybridized carbons (Fsp3) is 0.381. The van der Waals surface area contributed by atoms with Gasteiger partial charge in [0.1, 0.15) is 10.6 Å². The van der Waals surface area contributed by atoms with Gasteiger partial charge >= 0.3 is 0 Å². The Morgan fingerprint density at radius 2 is 1.82 bits per heavy atom. The number of hydrogen-bond donors (Lipinski definition) is 1. The lowest BCUT2D eigenvalue weighted by atomic mass is 10.1. The highest BCUT2D eigenvalue weighted by atomic mass is 32.2. The SMILES string of the molecule is CCOc1ccc(C(=O)NCCc2ccccc2)cc1S(=O)(=O)N1CCCC1. The maximum absolute atomic E-state index is 13.0. The number of carbonyl (C=O) groups excluding carboxylic acids is 1.